The molecule has 3 aromatic rings. The van der Waals surface area contributed by atoms with E-state index in [2.05, 4.69) is 15.0 Å². The number of carbonyl (C=O) groups excluding carboxylic acids is 2. The van der Waals surface area contributed by atoms with Gasteiger partial charge in [-0.25, -0.2) is 9.97 Å². The van der Waals surface area contributed by atoms with Crippen LogP contribution in [0.15, 0.2) is 36.5 Å². The molecular formula is C14H7ClIN3O2. The van der Waals surface area contributed by atoms with E-state index < -0.39 is 9.57 Å². The Morgan fingerprint density at radius 1 is 1.14 bits per heavy atom. The molecular weight excluding hydrogens is 405 g/mol. The fourth-order valence-corrected chi connectivity index (χ4v) is 2.37. The molecule has 1 N–H and O–H groups in total. The van der Waals surface area contributed by atoms with Gasteiger partial charge in [-0.2, -0.15) is 0 Å². The number of imidazole rings is 1. The van der Waals surface area contributed by atoms with Gasteiger partial charge < -0.3 is 4.98 Å². The molecule has 0 unspecified atom stereocenters. The molecule has 2 heterocycles. The van der Waals surface area contributed by atoms with Crippen LogP contribution in [0, 0.1) is 0 Å². The Balaban J connectivity index is 2.16. The third-order valence-corrected chi connectivity index (χ3v) is 3.67. The summed E-state index contributed by atoms with van der Waals surface area (Å²) >= 11 is 7.32. The molecule has 21 heavy (non-hydrogen) atoms. The van der Waals surface area contributed by atoms with Gasteiger partial charge >= 0.3 is 0 Å². The Hall–Kier alpha value is -1.80. The van der Waals surface area contributed by atoms with Crippen LogP contribution in [0.1, 0.15) is 10.4 Å². The minimum absolute atomic E-state index is 0.270. The van der Waals surface area contributed by atoms with E-state index in [1.54, 1.807) is 12.1 Å². The first kappa shape index (κ1) is 14.2. The number of Topliss-reactive ketones (excluding diaryl/α,β-unsaturated/α-hetero) is 1. The minimum atomic E-state index is -0.575. The molecule has 0 atom stereocenters. The van der Waals surface area contributed by atoms with Crippen LogP contribution in [0.25, 0.3) is 22.6 Å². The third kappa shape index (κ3) is 2.68. The highest BCUT2D eigenvalue weighted by atomic mass is 127. The molecule has 1 aromatic carbocycles. The van der Waals surface area contributed by atoms with Crippen molar-refractivity contribution < 1.29 is 9.59 Å². The maximum Gasteiger partial charge on any atom is 0.262 e. The zero-order valence-electron chi connectivity index (χ0n) is 10.4. The van der Waals surface area contributed by atoms with Crippen LogP contribution in [0.2, 0.25) is 5.02 Å². The summed E-state index contributed by atoms with van der Waals surface area (Å²) in [6.07, 6.45) is 1.46. The van der Waals surface area contributed by atoms with Crippen molar-refractivity contribution in [3.63, 3.8) is 0 Å². The van der Waals surface area contributed by atoms with Crippen LogP contribution in [0.4, 0.5) is 0 Å². The van der Waals surface area contributed by atoms with Gasteiger partial charge in [0.25, 0.3) is 3.79 Å². The second-order valence-electron chi connectivity index (χ2n) is 4.25. The number of halogens is 2. The largest absolute Gasteiger partial charge is 0.336 e. The van der Waals surface area contributed by atoms with Gasteiger partial charge in [0.2, 0.25) is 5.78 Å². The van der Waals surface area contributed by atoms with Gasteiger partial charge in [0.05, 0.1) is 11.1 Å². The number of aromatic amines is 1. The van der Waals surface area contributed by atoms with Gasteiger partial charge in [0, 0.05) is 39.4 Å². The fraction of sp³-hybridized carbons (Fsp3) is 0. The Morgan fingerprint density at radius 3 is 2.52 bits per heavy atom. The molecule has 0 amide bonds. The smallest absolute Gasteiger partial charge is 0.262 e. The number of fused-ring (bicyclic) bond motifs is 1. The van der Waals surface area contributed by atoms with Crippen molar-refractivity contribution in [1.29, 1.82) is 0 Å². The van der Waals surface area contributed by atoms with Gasteiger partial charge in [0.1, 0.15) is 5.82 Å². The lowest BCUT2D eigenvalue weighted by atomic mass is 10.2. The van der Waals surface area contributed by atoms with Crippen LogP contribution >= 0.6 is 34.2 Å². The molecule has 0 aliphatic rings. The molecule has 0 saturated heterocycles. The Morgan fingerprint density at radius 2 is 1.86 bits per heavy atom. The molecule has 2 aromatic heterocycles. The fourth-order valence-electron chi connectivity index (χ4n) is 1.95. The van der Waals surface area contributed by atoms with E-state index in [1.807, 2.05) is 12.1 Å². The molecule has 3 rings (SSSR count). The first-order valence-corrected chi connectivity index (χ1v) is 7.37. The second-order valence-corrected chi connectivity index (χ2v) is 5.67. The van der Waals surface area contributed by atoms with Crippen molar-refractivity contribution in [3.8, 4) is 11.4 Å². The van der Waals surface area contributed by atoms with Gasteiger partial charge in [-0.15, -0.1) is 0 Å². The molecule has 5 nitrogen and oxygen atoms in total. The van der Waals surface area contributed by atoms with Crippen LogP contribution in [-0.4, -0.2) is 24.5 Å². The number of ketones is 1. The number of nitrogens with zero attached hydrogens (tertiary/aromatic N) is 2. The summed E-state index contributed by atoms with van der Waals surface area (Å²) in [6.45, 7) is 0. The second kappa shape index (κ2) is 5.53. The summed E-state index contributed by atoms with van der Waals surface area (Å²) in [4.78, 5) is 34.7. The summed E-state index contributed by atoms with van der Waals surface area (Å²) in [5.41, 5.74) is 1.93. The van der Waals surface area contributed by atoms with Gasteiger partial charge in [0.15, 0.2) is 5.65 Å². The number of nitrogens with one attached hydrogen (secondary N) is 1. The van der Waals surface area contributed by atoms with E-state index in [4.69, 9.17) is 11.6 Å². The predicted molar refractivity (Wildman–Crippen MR) is 87.7 cm³/mol. The normalized spacial score (nSPS) is 10.8. The van der Waals surface area contributed by atoms with Gasteiger partial charge in [-0.05, 0) is 30.3 Å². The van der Waals surface area contributed by atoms with E-state index in [9.17, 15) is 9.59 Å². The van der Waals surface area contributed by atoms with Crippen molar-refractivity contribution in [3.05, 3.63) is 47.1 Å². The van der Waals surface area contributed by atoms with E-state index in [0.29, 0.717) is 22.0 Å². The number of H-pyrrole nitrogens is 1. The number of rotatable bonds is 3. The van der Waals surface area contributed by atoms with E-state index in [0.717, 1.165) is 5.56 Å². The predicted octanol–water partition coefficient (Wildman–Crippen LogP) is 3.42. The lowest BCUT2D eigenvalue weighted by Crippen LogP contribution is -2.07. The summed E-state index contributed by atoms with van der Waals surface area (Å²) in [5.74, 6) is -0.00960. The quantitative estimate of drug-likeness (QED) is 0.310. The maximum absolute atomic E-state index is 11.9. The van der Waals surface area contributed by atoms with Gasteiger partial charge in [-0.3, -0.25) is 9.59 Å². The summed E-state index contributed by atoms with van der Waals surface area (Å²) in [7, 11) is 0. The molecule has 0 bridgehead atoms. The molecule has 0 radical (unpaired) electrons. The standard InChI is InChI=1S/C14H7ClIN3O2/c15-8-3-1-7(2-4-8)13-18-10-9(11(20)12(16)21)5-6-17-14(10)19-13/h1-6H,(H,17,18,19). The van der Waals surface area contributed by atoms with Crippen molar-refractivity contribution in [2.75, 3.05) is 0 Å². The van der Waals surface area contributed by atoms with Gasteiger partial charge in [-0.1, -0.05) is 11.6 Å². The van der Waals surface area contributed by atoms with E-state index in [1.165, 1.54) is 34.9 Å². The number of aromatic nitrogens is 3. The molecule has 7 heteroatoms. The first-order chi connectivity index (χ1) is 10.1. The van der Waals surface area contributed by atoms with E-state index >= 15 is 0 Å². The molecule has 104 valence electrons. The van der Waals surface area contributed by atoms with Crippen LogP contribution in [0.3, 0.4) is 0 Å². The van der Waals surface area contributed by atoms with E-state index in [-0.39, 0.29) is 5.56 Å². The number of hydrogen-bond donors (Lipinski definition) is 1. The first-order valence-electron chi connectivity index (χ1n) is 5.91. The average Bonchev–Trinajstić information content (AvgIpc) is 2.90. The summed E-state index contributed by atoms with van der Waals surface area (Å²) in [5, 5.41) is 0.624. The number of benzene rings is 1. The van der Waals surface area contributed by atoms with Crippen molar-refractivity contribution >= 4 is 54.9 Å². The summed E-state index contributed by atoms with van der Waals surface area (Å²) in [6, 6.07) is 8.62. The monoisotopic (exact) mass is 411 g/mol. The van der Waals surface area contributed by atoms with Crippen molar-refractivity contribution in [2.45, 2.75) is 0 Å². The Labute approximate surface area is 137 Å². The minimum Gasteiger partial charge on any atom is -0.336 e. The SMILES string of the molecule is O=C(I)C(=O)c1ccnc2nc(-c3ccc(Cl)cc3)[nH]c12. The Bertz CT molecular complexity index is 858. The zero-order valence-corrected chi connectivity index (χ0v) is 13.3. The lowest BCUT2D eigenvalue weighted by molar-refractivity contribution is -0.106. The molecule has 0 aliphatic carbocycles. The van der Waals surface area contributed by atoms with Crippen LogP contribution in [-0.2, 0) is 4.79 Å². The average molecular weight is 412 g/mol. The summed E-state index contributed by atoms with van der Waals surface area (Å²) < 4.78 is -0.553. The molecule has 0 fully saturated rings. The van der Waals surface area contributed by atoms with Crippen LogP contribution in [0.5, 0.6) is 0 Å². The zero-order chi connectivity index (χ0) is 15.0. The molecule has 0 aliphatic heterocycles. The number of hydrogen-bond acceptors (Lipinski definition) is 4. The molecule has 0 saturated carbocycles. The maximum atomic E-state index is 11.9. The number of pyridine rings is 1. The van der Waals surface area contributed by atoms with Crippen molar-refractivity contribution in [1.82, 2.24) is 15.0 Å². The third-order valence-electron chi connectivity index (χ3n) is 2.93. The highest BCUT2D eigenvalue weighted by Crippen LogP contribution is 2.23. The molecule has 0 spiro atoms. The highest BCUT2D eigenvalue weighted by Gasteiger charge is 2.19. The van der Waals surface area contributed by atoms with Crippen LogP contribution < -0.4 is 0 Å². The Kier molecular flexibility index (Phi) is 3.73. The highest BCUT2D eigenvalue weighted by molar-refractivity contribution is 14.1. The topological polar surface area (TPSA) is 75.7 Å². The number of carbonyl (C=O) groups is 2. The van der Waals surface area contributed by atoms with Crippen molar-refractivity contribution in [2.24, 2.45) is 0 Å². The lowest BCUT2D eigenvalue weighted by Gasteiger charge is -1.97.